The molecule has 0 saturated carbocycles. The number of carbonyl (C=O) groups is 1. The van der Waals surface area contributed by atoms with Gasteiger partial charge in [-0.1, -0.05) is 12.1 Å². The van der Waals surface area contributed by atoms with E-state index in [1.165, 1.54) is 12.1 Å². The van der Waals surface area contributed by atoms with Crippen molar-refractivity contribution in [2.75, 3.05) is 5.32 Å². The Kier molecular flexibility index (Phi) is 4.98. The van der Waals surface area contributed by atoms with Crippen LogP contribution in [0.4, 0.5) is 10.1 Å². The second kappa shape index (κ2) is 7.34. The molecule has 1 heterocycles. The van der Waals surface area contributed by atoms with E-state index >= 15 is 0 Å². The van der Waals surface area contributed by atoms with Crippen LogP contribution in [0.15, 0.2) is 59.0 Å². The first-order valence-electron chi connectivity index (χ1n) is 8.23. The van der Waals surface area contributed by atoms with Gasteiger partial charge in [0.05, 0.1) is 0 Å². The number of carbonyl (C=O) groups excluding carboxylic acids is 1. The molecule has 1 amide bonds. The molecule has 0 atom stereocenters. The van der Waals surface area contributed by atoms with Crippen molar-refractivity contribution in [3.63, 3.8) is 0 Å². The van der Waals surface area contributed by atoms with Gasteiger partial charge in [0, 0.05) is 24.1 Å². The lowest BCUT2D eigenvalue weighted by atomic mass is 10.1. The van der Waals surface area contributed by atoms with Crippen LogP contribution in [-0.2, 0) is 11.2 Å². The van der Waals surface area contributed by atoms with Crippen molar-refractivity contribution in [3.05, 3.63) is 77.3 Å². The minimum atomic E-state index is -0.279. The summed E-state index contributed by atoms with van der Waals surface area (Å²) >= 11 is 0. The normalized spacial score (nSPS) is 10.7. The van der Waals surface area contributed by atoms with Gasteiger partial charge < -0.3 is 9.73 Å². The molecule has 0 saturated heterocycles. The molecule has 2 aromatic carbocycles. The quantitative estimate of drug-likeness (QED) is 0.689. The summed E-state index contributed by atoms with van der Waals surface area (Å²) < 4.78 is 18.7. The van der Waals surface area contributed by atoms with Gasteiger partial charge in [-0.25, -0.2) is 4.39 Å². The van der Waals surface area contributed by atoms with Crippen molar-refractivity contribution >= 4 is 11.6 Å². The first kappa shape index (κ1) is 17.0. The van der Waals surface area contributed by atoms with Crippen molar-refractivity contribution in [1.29, 1.82) is 0 Å². The number of hydrogen-bond acceptors (Lipinski definition) is 2. The molecule has 0 bridgehead atoms. The minimum Gasteiger partial charge on any atom is -0.461 e. The highest BCUT2D eigenvalue weighted by molar-refractivity contribution is 5.91. The summed E-state index contributed by atoms with van der Waals surface area (Å²) in [4.78, 5) is 12.2. The van der Waals surface area contributed by atoms with Crippen LogP contribution in [0.25, 0.3) is 11.3 Å². The Hall–Kier alpha value is -2.88. The standard InChI is InChI=1S/C21H20FNO2/c1-14-3-4-15(2)19(13-14)23-21(24)12-10-18-9-11-20(25-18)16-5-7-17(22)8-6-16/h3-9,11,13H,10,12H2,1-2H3,(H,23,24). The van der Waals surface area contributed by atoms with Crippen molar-refractivity contribution in [1.82, 2.24) is 0 Å². The summed E-state index contributed by atoms with van der Waals surface area (Å²) in [6.07, 6.45) is 0.849. The molecule has 0 unspecified atom stereocenters. The average Bonchev–Trinajstić information content (AvgIpc) is 3.06. The summed E-state index contributed by atoms with van der Waals surface area (Å²) in [6, 6.07) is 15.8. The van der Waals surface area contributed by atoms with E-state index in [0.717, 1.165) is 28.1 Å². The predicted molar refractivity (Wildman–Crippen MR) is 97.0 cm³/mol. The number of benzene rings is 2. The Morgan fingerprint density at radius 1 is 1.04 bits per heavy atom. The maximum atomic E-state index is 13.0. The fourth-order valence-electron chi connectivity index (χ4n) is 2.60. The average molecular weight is 337 g/mol. The van der Waals surface area contributed by atoms with E-state index in [0.29, 0.717) is 18.6 Å². The van der Waals surface area contributed by atoms with Crippen molar-refractivity contribution in [3.8, 4) is 11.3 Å². The Morgan fingerprint density at radius 3 is 2.56 bits per heavy atom. The van der Waals surface area contributed by atoms with Gasteiger partial charge in [-0.2, -0.15) is 0 Å². The van der Waals surface area contributed by atoms with E-state index in [2.05, 4.69) is 5.32 Å². The molecule has 4 heteroatoms. The first-order valence-corrected chi connectivity index (χ1v) is 8.23. The lowest BCUT2D eigenvalue weighted by Gasteiger charge is -2.09. The van der Waals surface area contributed by atoms with Crippen LogP contribution >= 0.6 is 0 Å². The lowest BCUT2D eigenvalue weighted by Crippen LogP contribution is -2.13. The van der Waals surface area contributed by atoms with Crippen molar-refractivity contribution in [2.45, 2.75) is 26.7 Å². The largest absolute Gasteiger partial charge is 0.461 e. The first-order chi connectivity index (χ1) is 12.0. The van der Waals surface area contributed by atoms with Crippen molar-refractivity contribution in [2.24, 2.45) is 0 Å². The fraction of sp³-hybridized carbons (Fsp3) is 0.190. The fourth-order valence-corrected chi connectivity index (χ4v) is 2.60. The van der Waals surface area contributed by atoms with Gasteiger partial charge in [-0.15, -0.1) is 0 Å². The Balaban J connectivity index is 1.59. The molecule has 128 valence electrons. The Bertz CT molecular complexity index is 881. The predicted octanol–water partition coefficient (Wildman–Crippen LogP) is 5.27. The van der Waals surface area contributed by atoms with Crippen LogP contribution in [-0.4, -0.2) is 5.91 Å². The minimum absolute atomic E-state index is 0.0477. The van der Waals surface area contributed by atoms with E-state index < -0.39 is 0 Å². The van der Waals surface area contributed by atoms with Crippen LogP contribution in [0.5, 0.6) is 0 Å². The number of halogens is 1. The summed E-state index contributed by atoms with van der Waals surface area (Å²) in [5.41, 5.74) is 3.80. The molecular weight excluding hydrogens is 317 g/mol. The van der Waals surface area contributed by atoms with Gasteiger partial charge in [0.1, 0.15) is 17.3 Å². The smallest absolute Gasteiger partial charge is 0.224 e. The van der Waals surface area contributed by atoms with Crippen LogP contribution in [0.1, 0.15) is 23.3 Å². The number of nitrogens with one attached hydrogen (secondary N) is 1. The molecule has 3 nitrogen and oxygen atoms in total. The zero-order valence-electron chi connectivity index (χ0n) is 14.3. The molecular formula is C21H20FNO2. The number of hydrogen-bond donors (Lipinski definition) is 1. The van der Waals surface area contributed by atoms with Gasteiger partial charge in [0.15, 0.2) is 0 Å². The SMILES string of the molecule is Cc1ccc(C)c(NC(=O)CCc2ccc(-c3ccc(F)cc3)o2)c1. The van der Waals surface area contributed by atoms with E-state index in [4.69, 9.17) is 4.42 Å². The highest BCUT2D eigenvalue weighted by Gasteiger charge is 2.09. The number of rotatable bonds is 5. The molecule has 3 aromatic rings. The van der Waals surface area contributed by atoms with Crippen LogP contribution in [0.2, 0.25) is 0 Å². The maximum absolute atomic E-state index is 13.0. The second-order valence-electron chi connectivity index (χ2n) is 6.14. The molecule has 0 aliphatic carbocycles. The van der Waals surface area contributed by atoms with Crippen molar-refractivity contribution < 1.29 is 13.6 Å². The third-order valence-electron chi connectivity index (χ3n) is 4.06. The summed E-state index contributed by atoms with van der Waals surface area (Å²) in [5, 5.41) is 2.94. The van der Waals surface area contributed by atoms with Gasteiger partial charge in [-0.3, -0.25) is 4.79 Å². The van der Waals surface area contributed by atoms with E-state index in [1.807, 2.05) is 44.2 Å². The second-order valence-corrected chi connectivity index (χ2v) is 6.14. The molecule has 3 rings (SSSR count). The number of amides is 1. The molecule has 25 heavy (non-hydrogen) atoms. The van der Waals surface area contributed by atoms with Gasteiger partial charge >= 0.3 is 0 Å². The molecule has 0 aliphatic rings. The lowest BCUT2D eigenvalue weighted by molar-refractivity contribution is -0.116. The van der Waals surface area contributed by atoms with Gasteiger partial charge in [-0.05, 0) is 67.4 Å². The summed E-state index contributed by atoms with van der Waals surface area (Å²) in [5.74, 6) is 1.08. The number of aryl methyl sites for hydroxylation is 3. The molecule has 1 N–H and O–H groups in total. The van der Waals surface area contributed by atoms with E-state index in [1.54, 1.807) is 12.1 Å². The molecule has 0 fully saturated rings. The van der Waals surface area contributed by atoms with Gasteiger partial charge in [0.25, 0.3) is 0 Å². The highest BCUT2D eigenvalue weighted by atomic mass is 19.1. The highest BCUT2D eigenvalue weighted by Crippen LogP contribution is 2.23. The Morgan fingerprint density at radius 2 is 1.80 bits per heavy atom. The molecule has 0 spiro atoms. The zero-order valence-corrected chi connectivity index (χ0v) is 14.3. The third kappa shape index (κ3) is 4.35. The molecule has 0 radical (unpaired) electrons. The van der Waals surface area contributed by atoms with E-state index in [-0.39, 0.29) is 11.7 Å². The number of furan rings is 1. The molecule has 1 aromatic heterocycles. The molecule has 0 aliphatic heterocycles. The van der Waals surface area contributed by atoms with Crippen LogP contribution < -0.4 is 5.32 Å². The zero-order chi connectivity index (χ0) is 17.8. The van der Waals surface area contributed by atoms with Crippen LogP contribution in [0, 0.1) is 19.7 Å². The Labute approximate surface area is 146 Å². The monoisotopic (exact) mass is 337 g/mol. The third-order valence-corrected chi connectivity index (χ3v) is 4.06. The summed E-state index contributed by atoms with van der Waals surface area (Å²) in [7, 11) is 0. The van der Waals surface area contributed by atoms with E-state index in [9.17, 15) is 9.18 Å². The van der Waals surface area contributed by atoms with Gasteiger partial charge in [0.2, 0.25) is 5.91 Å². The number of anilines is 1. The summed E-state index contributed by atoms with van der Waals surface area (Å²) in [6.45, 7) is 3.96. The van der Waals surface area contributed by atoms with Crippen LogP contribution in [0.3, 0.4) is 0 Å². The topological polar surface area (TPSA) is 42.2 Å². The maximum Gasteiger partial charge on any atom is 0.224 e.